The molecule has 2 N–H and O–H groups in total. The number of benzene rings is 1. The van der Waals surface area contributed by atoms with Crippen molar-refractivity contribution in [3.05, 3.63) is 29.8 Å². The van der Waals surface area contributed by atoms with Crippen LogP contribution < -0.4 is 15.4 Å². The summed E-state index contributed by atoms with van der Waals surface area (Å²) in [4.78, 5) is 11.7. The standard InChI is InChI=1S/C15H22N2O2/c1-11(2)17-14(18)16-10-15(8-9-15)12-6-4-5-7-13(12)19-3/h4-7,11H,8-10H2,1-3H3,(H2,16,17,18). The van der Waals surface area contributed by atoms with Crippen LogP contribution in [-0.4, -0.2) is 25.7 Å². The quantitative estimate of drug-likeness (QED) is 0.856. The average molecular weight is 262 g/mol. The van der Waals surface area contributed by atoms with Crippen molar-refractivity contribution in [2.75, 3.05) is 13.7 Å². The summed E-state index contributed by atoms with van der Waals surface area (Å²) in [5, 5.41) is 5.80. The number of methoxy groups -OCH3 is 1. The maximum atomic E-state index is 11.7. The van der Waals surface area contributed by atoms with Crippen LogP contribution in [0.15, 0.2) is 24.3 Å². The third-order valence-corrected chi connectivity index (χ3v) is 3.54. The summed E-state index contributed by atoms with van der Waals surface area (Å²) in [7, 11) is 1.69. The molecule has 0 heterocycles. The van der Waals surface area contributed by atoms with Gasteiger partial charge in [-0.3, -0.25) is 0 Å². The third-order valence-electron chi connectivity index (χ3n) is 3.54. The molecule has 0 saturated heterocycles. The summed E-state index contributed by atoms with van der Waals surface area (Å²) in [6.07, 6.45) is 2.19. The maximum absolute atomic E-state index is 11.7. The van der Waals surface area contributed by atoms with Gasteiger partial charge in [-0.25, -0.2) is 4.79 Å². The Hall–Kier alpha value is -1.71. The second kappa shape index (κ2) is 5.51. The van der Waals surface area contributed by atoms with Gasteiger partial charge in [-0.1, -0.05) is 18.2 Å². The van der Waals surface area contributed by atoms with E-state index in [9.17, 15) is 4.79 Å². The SMILES string of the molecule is COc1ccccc1C1(CNC(=O)NC(C)C)CC1. The zero-order chi connectivity index (χ0) is 13.9. The number of hydrogen-bond acceptors (Lipinski definition) is 2. The van der Waals surface area contributed by atoms with Gasteiger partial charge in [-0.15, -0.1) is 0 Å². The molecule has 1 aliphatic rings. The first kappa shape index (κ1) is 13.7. The minimum absolute atomic E-state index is 0.0565. The van der Waals surface area contributed by atoms with Gasteiger partial charge in [0.15, 0.2) is 0 Å². The van der Waals surface area contributed by atoms with Crippen molar-refractivity contribution in [2.24, 2.45) is 0 Å². The summed E-state index contributed by atoms with van der Waals surface area (Å²) < 4.78 is 5.41. The normalized spacial score (nSPS) is 16.0. The zero-order valence-electron chi connectivity index (χ0n) is 11.8. The van der Waals surface area contributed by atoms with E-state index in [4.69, 9.17) is 4.74 Å². The summed E-state index contributed by atoms with van der Waals surface area (Å²) in [5.41, 5.74) is 1.25. The number of ether oxygens (including phenoxy) is 1. The first-order valence-electron chi connectivity index (χ1n) is 6.75. The number of para-hydroxylation sites is 1. The van der Waals surface area contributed by atoms with Crippen LogP contribution in [0.3, 0.4) is 0 Å². The monoisotopic (exact) mass is 262 g/mol. The van der Waals surface area contributed by atoms with E-state index in [1.165, 1.54) is 5.56 Å². The second-order valence-electron chi connectivity index (χ2n) is 5.46. The Morgan fingerprint density at radius 3 is 2.63 bits per heavy atom. The van der Waals surface area contributed by atoms with Gasteiger partial charge in [0.2, 0.25) is 0 Å². The molecule has 0 aromatic heterocycles. The number of urea groups is 1. The van der Waals surface area contributed by atoms with Crippen molar-refractivity contribution >= 4 is 6.03 Å². The molecule has 4 heteroatoms. The van der Waals surface area contributed by atoms with Crippen LogP contribution in [0.2, 0.25) is 0 Å². The molecule has 1 aromatic rings. The molecule has 1 aromatic carbocycles. The van der Waals surface area contributed by atoms with Crippen LogP contribution >= 0.6 is 0 Å². The molecule has 1 aliphatic carbocycles. The molecule has 1 fully saturated rings. The van der Waals surface area contributed by atoms with E-state index >= 15 is 0 Å². The van der Waals surface area contributed by atoms with Crippen molar-refractivity contribution in [3.8, 4) is 5.75 Å². The molecule has 0 aliphatic heterocycles. The first-order chi connectivity index (χ1) is 9.07. The topological polar surface area (TPSA) is 50.4 Å². The molecule has 2 amide bonds. The van der Waals surface area contributed by atoms with E-state index in [0.717, 1.165) is 18.6 Å². The van der Waals surface area contributed by atoms with E-state index in [1.54, 1.807) is 7.11 Å². The van der Waals surface area contributed by atoms with Crippen molar-refractivity contribution in [1.29, 1.82) is 0 Å². The van der Waals surface area contributed by atoms with Crippen molar-refractivity contribution in [1.82, 2.24) is 10.6 Å². The van der Waals surface area contributed by atoms with Gasteiger partial charge in [-0.05, 0) is 32.8 Å². The Morgan fingerprint density at radius 1 is 1.37 bits per heavy atom. The highest BCUT2D eigenvalue weighted by atomic mass is 16.5. The Bertz CT molecular complexity index is 453. The number of rotatable bonds is 5. The number of amides is 2. The van der Waals surface area contributed by atoms with Gasteiger partial charge in [0, 0.05) is 23.6 Å². The van der Waals surface area contributed by atoms with E-state index in [-0.39, 0.29) is 17.5 Å². The van der Waals surface area contributed by atoms with Crippen molar-refractivity contribution < 1.29 is 9.53 Å². The van der Waals surface area contributed by atoms with Gasteiger partial charge in [-0.2, -0.15) is 0 Å². The van der Waals surface area contributed by atoms with E-state index in [2.05, 4.69) is 16.7 Å². The predicted octanol–water partition coefficient (Wildman–Crippen LogP) is 2.43. The fourth-order valence-corrected chi connectivity index (χ4v) is 2.34. The van der Waals surface area contributed by atoms with Gasteiger partial charge in [0.05, 0.1) is 7.11 Å². The van der Waals surface area contributed by atoms with E-state index in [1.807, 2.05) is 32.0 Å². The minimum Gasteiger partial charge on any atom is -0.496 e. The lowest BCUT2D eigenvalue weighted by molar-refractivity contribution is 0.237. The first-order valence-corrected chi connectivity index (χ1v) is 6.75. The minimum atomic E-state index is -0.101. The van der Waals surface area contributed by atoms with Crippen LogP contribution in [-0.2, 0) is 5.41 Å². The van der Waals surface area contributed by atoms with Crippen LogP contribution in [0.4, 0.5) is 4.79 Å². The highest BCUT2D eigenvalue weighted by Gasteiger charge is 2.46. The summed E-state index contributed by atoms with van der Waals surface area (Å²) in [6.45, 7) is 4.56. The Morgan fingerprint density at radius 2 is 2.05 bits per heavy atom. The lowest BCUT2D eigenvalue weighted by Crippen LogP contribution is -2.42. The van der Waals surface area contributed by atoms with Crippen molar-refractivity contribution in [3.63, 3.8) is 0 Å². The molecule has 2 rings (SSSR count). The lowest BCUT2D eigenvalue weighted by atomic mass is 9.95. The fourth-order valence-electron chi connectivity index (χ4n) is 2.34. The molecule has 0 spiro atoms. The predicted molar refractivity (Wildman–Crippen MR) is 75.6 cm³/mol. The highest BCUT2D eigenvalue weighted by Crippen LogP contribution is 2.50. The van der Waals surface area contributed by atoms with E-state index in [0.29, 0.717) is 6.54 Å². The molecule has 0 unspecified atom stereocenters. The van der Waals surface area contributed by atoms with Crippen LogP contribution in [0, 0.1) is 0 Å². The summed E-state index contributed by atoms with van der Waals surface area (Å²) in [6, 6.07) is 8.11. The van der Waals surface area contributed by atoms with Gasteiger partial charge in [0.25, 0.3) is 0 Å². The Labute approximate surface area is 114 Å². The lowest BCUT2D eigenvalue weighted by Gasteiger charge is -2.20. The molecular formula is C15H22N2O2. The molecular weight excluding hydrogens is 240 g/mol. The van der Waals surface area contributed by atoms with Gasteiger partial charge < -0.3 is 15.4 Å². The third kappa shape index (κ3) is 3.19. The molecule has 0 radical (unpaired) electrons. The largest absolute Gasteiger partial charge is 0.496 e. The Balaban J connectivity index is 2.01. The molecule has 0 atom stereocenters. The highest BCUT2D eigenvalue weighted by molar-refractivity contribution is 5.74. The average Bonchev–Trinajstić information content (AvgIpc) is 3.17. The maximum Gasteiger partial charge on any atom is 0.315 e. The van der Waals surface area contributed by atoms with Gasteiger partial charge >= 0.3 is 6.03 Å². The number of carbonyl (C=O) groups is 1. The van der Waals surface area contributed by atoms with Crippen LogP contribution in [0.1, 0.15) is 32.3 Å². The second-order valence-corrected chi connectivity index (χ2v) is 5.46. The number of hydrogen-bond donors (Lipinski definition) is 2. The molecule has 19 heavy (non-hydrogen) atoms. The molecule has 1 saturated carbocycles. The number of nitrogens with one attached hydrogen (secondary N) is 2. The molecule has 104 valence electrons. The van der Waals surface area contributed by atoms with Crippen LogP contribution in [0.5, 0.6) is 5.75 Å². The van der Waals surface area contributed by atoms with Crippen molar-refractivity contribution in [2.45, 2.75) is 38.1 Å². The smallest absolute Gasteiger partial charge is 0.315 e. The Kier molecular flexibility index (Phi) is 3.98. The summed E-state index contributed by atoms with van der Waals surface area (Å²) in [5.74, 6) is 0.908. The molecule has 0 bridgehead atoms. The summed E-state index contributed by atoms with van der Waals surface area (Å²) >= 11 is 0. The van der Waals surface area contributed by atoms with Crippen LogP contribution in [0.25, 0.3) is 0 Å². The van der Waals surface area contributed by atoms with Gasteiger partial charge in [0.1, 0.15) is 5.75 Å². The fraction of sp³-hybridized carbons (Fsp3) is 0.533. The number of carbonyl (C=O) groups excluding carboxylic acids is 1. The molecule has 4 nitrogen and oxygen atoms in total. The van der Waals surface area contributed by atoms with E-state index < -0.39 is 0 Å². The zero-order valence-corrected chi connectivity index (χ0v) is 11.8.